The topological polar surface area (TPSA) is 68.0 Å². The third-order valence-electron chi connectivity index (χ3n) is 3.02. The zero-order chi connectivity index (χ0) is 15.4. The van der Waals surface area contributed by atoms with Gasteiger partial charge in [-0.25, -0.2) is 9.97 Å². The Hall–Kier alpha value is -1.34. The molecule has 0 aliphatic carbocycles. The first kappa shape index (κ1) is 16.0. The fraction of sp³-hybridized carbons (Fsp3) is 0.500. The largest absolute Gasteiger partial charge is 0.481 e. The molecule has 0 amide bonds. The number of aliphatic carboxylic acids is 1. The highest BCUT2D eigenvalue weighted by atomic mass is 32.2. The summed E-state index contributed by atoms with van der Waals surface area (Å²) >= 11 is 2.92. The molecule has 0 saturated heterocycles. The van der Waals surface area contributed by atoms with Crippen LogP contribution in [0.15, 0.2) is 16.7 Å². The first-order chi connectivity index (χ1) is 9.97. The minimum absolute atomic E-state index is 0.0321. The van der Waals surface area contributed by atoms with E-state index in [0.717, 1.165) is 34.5 Å². The Morgan fingerprint density at radius 3 is 2.86 bits per heavy atom. The molecule has 114 valence electrons. The molecule has 2 aromatic rings. The van der Waals surface area contributed by atoms with Crippen molar-refractivity contribution in [2.24, 2.45) is 0 Å². The molecule has 1 N–H and O–H groups in total. The minimum atomic E-state index is -0.823. The third-order valence-corrected chi connectivity index (χ3v) is 4.82. The summed E-state index contributed by atoms with van der Waals surface area (Å²) in [5.74, 6) is -0.436. The maximum absolute atomic E-state index is 10.7. The normalized spacial score (nSPS) is 11.2. The molecule has 21 heavy (non-hydrogen) atoms. The van der Waals surface area contributed by atoms with Crippen LogP contribution in [0.3, 0.4) is 0 Å². The van der Waals surface area contributed by atoms with Crippen LogP contribution < -0.4 is 0 Å². The van der Waals surface area contributed by atoms with Crippen molar-refractivity contribution < 1.29 is 9.90 Å². The molecule has 2 rings (SSSR count). The Balaban J connectivity index is 2.13. The van der Waals surface area contributed by atoms with Crippen molar-refractivity contribution in [2.75, 3.05) is 5.75 Å². The molecule has 0 aliphatic heterocycles. The van der Waals surface area contributed by atoms with E-state index >= 15 is 0 Å². The van der Waals surface area contributed by atoms with E-state index in [9.17, 15) is 4.79 Å². The molecular formula is C14H19N3O2S2. The summed E-state index contributed by atoms with van der Waals surface area (Å²) in [6.45, 7) is 7.01. The van der Waals surface area contributed by atoms with Gasteiger partial charge in [-0.1, -0.05) is 25.6 Å². The van der Waals surface area contributed by atoms with E-state index in [2.05, 4.69) is 33.8 Å². The van der Waals surface area contributed by atoms with Gasteiger partial charge in [0.2, 0.25) is 0 Å². The van der Waals surface area contributed by atoms with E-state index in [4.69, 9.17) is 5.11 Å². The third kappa shape index (κ3) is 4.31. The van der Waals surface area contributed by atoms with Crippen molar-refractivity contribution in [3.05, 3.63) is 28.0 Å². The number of carbonyl (C=O) groups is 1. The van der Waals surface area contributed by atoms with Crippen LogP contribution in [0.5, 0.6) is 0 Å². The minimum Gasteiger partial charge on any atom is -0.481 e. The van der Waals surface area contributed by atoms with Gasteiger partial charge in [0, 0.05) is 30.2 Å². The predicted molar refractivity (Wildman–Crippen MR) is 85.2 cm³/mol. The average molecular weight is 325 g/mol. The van der Waals surface area contributed by atoms with Crippen molar-refractivity contribution >= 4 is 29.1 Å². The van der Waals surface area contributed by atoms with Gasteiger partial charge in [0.15, 0.2) is 5.16 Å². The average Bonchev–Trinajstić information content (AvgIpc) is 2.99. The Morgan fingerprint density at radius 2 is 2.29 bits per heavy atom. The number of aryl methyl sites for hydroxylation is 2. The number of thioether (sulfide) groups is 1. The fourth-order valence-electron chi connectivity index (χ4n) is 2.05. The second-order valence-electron chi connectivity index (χ2n) is 5.06. The van der Waals surface area contributed by atoms with Crippen LogP contribution in [0.1, 0.15) is 36.2 Å². The van der Waals surface area contributed by atoms with Gasteiger partial charge in [-0.3, -0.25) is 4.79 Å². The van der Waals surface area contributed by atoms with E-state index in [0.29, 0.717) is 5.92 Å². The summed E-state index contributed by atoms with van der Waals surface area (Å²) in [4.78, 5) is 19.6. The molecule has 0 fully saturated rings. The van der Waals surface area contributed by atoms with Gasteiger partial charge in [0.05, 0.1) is 16.5 Å². The lowest BCUT2D eigenvalue weighted by Gasteiger charge is -2.12. The van der Waals surface area contributed by atoms with Gasteiger partial charge in [0.25, 0.3) is 0 Å². The molecular weight excluding hydrogens is 306 g/mol. The van der Waals surface area contributed by atoms with E-state index in [1.54, 1.807) is 11.3 Å². The Morgan fingerprint density at radius 1 is 1.52 bits per heavy atom. The summed E-state index contributed by atoms with van der Waals surface area (Å²) in [5, 5.41) is 12.7. The number of imidazole rings is 1. The number of rotatable bonds is 7. The van der Waals surface area contributed by atoms with Crippen LogP contribution in [0.4, 0.5) is 0 Å². The lowest BCUT2D eigenvalue weighted by atomic mass is 10.1. The number of carboxylic acid groups (broad SMARTS) is 1. The molecule has 5 nitrogen and oxygen atoms in total. The lowest BCUT2D eigenvalue weighted by Crippen LogP contribution is -2.09. The maximum atomic E-state index is 10.7. The molecule has 0 bridgehead atoms. The number of hydrogen-bond acceptors (Lipinski definition) is 5. The molecule has 2 heterocycles. The van der Waals surface area contributed by atoms with Crippen LogP contribution >= 0.6 is 23.1 Å². The number of carboxylic acids is 1. The molecule has 0 radical (unpaired) electrons. The number of hydrogen-bond donors (Lipinski definition) is 1. The van der Waals surface area contributed by atoms with E-state index in [1.807, 2.05) is 13.1 Å². The molecule has 7 heteroatoms. The summed E-state index contributed by atoms with van der Waals surface area (Å²) in [6, 6.07) is 0. The van der Waals surface area contributed by atoms with Crippen LogP contribution in [-0.4, -0.2) is 31.4 Å². The summed E-state index contributed by atoms with van der Waals surface area (Å²) in [6.07, 6.45) is 2.68. The molecule has 0 unspecified atom stereocenters. The number of aromatic nitrogens is 3. The molecule has 2 aromatic heterocycles. The summed E-state index contributed by atoms with van der Waals surface area (Å²) in [5.41, 5.74) is 2.21. The zero-order valence-corrected chi connectivity index (χ0v) is 14.0. The van der Waals surface area contributed by atoms with Crippen molar-refractivity contribution in [1.29, 1.82) is 0 Å². The highest BCUT2D eigenvalue weighted by molar-refractivity contribution is 7.99. The van der Waals surface area contributed by atoms with E-state index < -0.39 is 5.97 Å². The highest BCUT2D eigenvalue weighted by Crippen LogP contribution is 2.24. The smallest absolute Gasteiger partial charge is 0.313 e. The van der Waals surface area contributed by atoms with Gasteiger partial charge in [-0.2, -0.15) is 0 Å². The van der Waals surface area contributed by atoms with Crippen LogP contribution in [0.2, 0.25) is 0 Å². The number of nitrogens with zero attached hydrogens (tertiary/aromatic N) is 3. The Kier molecular flexibility index (Phi) is 5.41. The highest BCUT2D eigenvalue weighted by Gasteiger charge is 2.14. The van der Waals surface area contributed by atoms with Gasteiger partial charge in [0.1, 0.15) is 0 Å². The van der Waals surface area contributed by atoms with Gasteiger partial charge < -0.3 is 9.67 Å². The molecule has 0 spiro atoms. The molecule has 0 atom stereocenters. The fourth-order valence-corrected chi connectivity index (χ4v) is 3.43. The quantitative estimate of drug-likeness (QED) is 0.792. The van der Waals surface area contributed by atoms with Crippen LogP contribution in [0, 0.1) is 6.92 Å². The molecule has 0 aromatic carbocycles. The van der Waals surface area contributed by atoms with Crippen molar-refractivity contribution in [3.8, 4) is 0 Å². The summed E-state index contributed by atoms with van der Waals surface area (Å²) < 4.78 is 2.12. The van der Waals surface area contributed by atoms with E-state index in [-0.39, 0.29) is 5.75 Å². The van der Waals surface area contributed by atoms with Crippen molar-refractivity contribution in [3.63, 3.8) is 0 Å². The first-order valence-electron chi connectivity index (χ1n) is 6.78. The Bertz CT molecular complexity index is 620. The monoisotopic (exact) mass is 325 g/mol. The second-order valence-corrected chi connectivity index (χ2v) is 7.07. The number of thiazole rings is 1. The van der Waals surface area contributed by atoms with Crippen molar-refractivity contribution in [2.45, 2.75) is 44.8 Å². The zero-order valence-electron chi connectivity index (χ0n) is 12.4. The maximum Gasteiger partial charge on any atom is 0.313 e. The second kappa shape index (κ2) is 7.09. The SMILES string of the molecule is Cc1nc(CCn2c(C(C)C)cnc2SCC(=O)O)cs1. The Labute approximate surface area is 132 Å². The summed E-state index contributed by atoms with van der Waals surface area (Å²) in [7, 11) is 0. The van der Waals surface area contributed by atoms with Crippen LogP contribution in [0.25, 0.3) is 0 Å². The first-order valence-corrected chi connectivity index (χ1v) is 8.65. The lowest BCUT2D eigenvalue weighted by molar-refractivity contribution is -0.133. The van der Waals surface area contributed by atoms with E-state index in [1.165, 1.54) is 11.8 Å². The van der Waals surface area contributed by atoms with Gasteiger partial charge >= 0.3 is 5.97 Å². The predicted octanol–water partition coefficient (Wildman–Crippen LogP) is 3.19. The molecule has 0 aliphatic rings. The van der Waals surface area contributed by atoms with Gasteiger partial charge in [-0.15, -0.1) is 11.3 Å². The van der Waals surface area contributed by atoms with Crippen LogP contribution in [-0.2, 0) is 17.8 Å². The molecule has 0 saturated carbocycles. The van der Waals surface area contributed by atoms with Gasteiger partial charge in [-0.05, 0) is 12.8 Å². The van der Waals surface area contributed by atoms with Crippen molar-refractivity contribution in [1.82, 2.24) is 14.5 Å². The standard InChI is InChI=1S/C14H19N3O2S2/c1-9(2)12-6-15-14(21-8-13(18)19)17(12)5-4-11-7-20-10(3)16-11/h6-7,9H,4-5,8H2,1-3H3,(H,18,19).